The molecule has 0 unspecified atom stereocenters. The van der Waals surface area contributed by atoms with Crippen LogP contribution >= 0.6 is 68.0 Å². The number of aromatic nitrogens is 2. The van der Waals surface area contributed by atoms with E-state index in [4.69, 9.17) is 4.98 Å². The lowest BCUT2D eigenvalue weighted by Crippen LogP contribution is -1.86. The second-order valence-corrected chi connectivity index (χ2v) is 13.0. The summed E-state index contributed by atoms with van der Waals surface area (Å²) in [6.45, 7) is 4.28. The Balaban J connectivity index is 1.30. The van der Waals surface area contributed by atoms with Crippen molar-refractivity contribution in [3.8, 4) is 0 Å². The van der Waals surface area contributed by atoms with Gasteiger partial charge >= 0.3 is 0 Å². The molecule has 6 rings (SSSR count). The number of aryl methyl sites for hydroxylation is 4. The third-order valence-corrected chi connectivity index (χ3v) is 11.6. The minimum absolute atomic E-state index is 1.03. The maximum atomic E-state index is 4.87. The van der Waals surface area contributed by atoms with Gasteiger partial charge in [-0.2, -0.15) is 0 Å². The number of hydrogen-bond acceptors (Lipinski definition) is 8. The Bertz CT molecular complexity index is 1310. The quantitative estimate of drug-likeness (QED) is 0.275. The van der Waals surface area contributed by atoms with Gasteiger partial charge in [0.2, 0.25) is 0 Å². The molecule has 0 aromatic carbocycles. The summed E-state index contributed by atoms with van der Waals surface area (Å²) in [7, 11) is 0. The molecule has 0 saturated heterocycles. The predicted molar refractivity (Wildman–Crippen MR) is 123 cm³/mol. The molecule has 0 radical (unpaired) electrons. The van der Waals surface area contributed by atoms with E-state index in [-0.39, 0.29) is 0 Å². The molecular weight excluding hydrogens is 437 g/mol. The molecule has 8 heteroatoms. The first-order valence-electron chi connectivity index (χ1n) is 8.21. The lowest BCUT2D eigenvalue weighted by atomic mass is 10.3. The fourth-order valence-corrected chi connectivity index (χ4v) is 10.8. The first-order chi connectivity index (χ1) is 12.6. The van der Waals surface area contributed by atoms with E-state index in [0.717, 1.165) is 22.7 Å². The van der Waals surface area contributed by atoms with E-state index in [1.807, 2.05) is 45.3 Å². The molecule has 0 amide bonds. The highest BCUT2D eigenvalue weighted by Crippen LogP contribution is 2.44. The molecular formula is C18H12N2S6. The Morgan fingerprint density at radius 1 is 0.692 bits per heavy atom. The monoisotopic (exact) mass is 448 g/mol. The van der Waals surface area contributed by atoms with Crippen molar-refractivity contribution < 1.29 is 0 Å². The number of thiazole rings is 2. The summed E-state index contributed by atoms with van der Waals surface area (Å²) in [6.07, 6.45) is 2.12. The largest absolute Gasteiger partial charge is 0.230 e. The molecule has 6 aromatic rings. The molecule has 6 aromatic heterocycles. The molecule has 0 N–H and O–H groups in total. The van der Waals surface area contributed by atoms with Crippen molar-refractivity contribution in [3.63, 3.8) is 0 Å². The van der Waals surface area contributed by atoms with Gasteiger partial charge in [-0.05, 0) is 32.4 Å². The van der Waals surface area contributed by atoms with E-state index >= 15 is 0 Å². The maximum absolute atomic E-state index is 4.87. The summed E-state index contributed by atoms with van der Waals surface area (Å²) in [5.41, 5.74) is 0. The smallest absolute Gasteiger partial charge is 0.138 e. The molecule has 0 aliphatic heterocycles. The average Bonchev–Trinajstić information content (AvgIpc) is 3.35. The molecule has 0 aliphatic carbocycles. The van der Waals surface area contributed by atoms with Crippen LogP contribution in [0.15, 0.2) is 12.1 Å². The molecule has 0 fully saturated rings. The minimum Gasteiger partial charge on any atom is -0.230 e. The Morgan fingerprint density at radius 2 is 1.46 bits per heavy atom. The van der Waals surface area contributed by atoms with Crippen molar-refractivity contribution in [1.82, 2.24) is 9.97 Å². The molecule has 0 aliphatic rings. The molecule has 0 bridgehead atoms. The van der Waals surface area contributed by atoms with E-state index in [9.17, 15) is 0 Å². The fraction of sp³-hybridized carbons (Fsp3) is 0.222. The van der Waals surface area contributed by atoms with Crippen LogP contribution in [0.4, 0.5) is 0 Å². The van der Waals surface area contributed by atoms with Crippen LogP contribution in [0.2, 0.25) is 0 Å². The summed E-state index contributed by atoms with van der Waals surface area (Å²) < 4.78 is 8.54. The number of fused-ring (bicyclic) bond motifs is 6. The Kier molecular flexibility index (Phi) is 3.59. The van der Waals surface area contributed by atoms with Crippen LogP contribution in [-0.4, -0.2) is 9.97 Å². The number of nitrogens with zero attached hydrogens (tertiary/aromatic N) is 2. The average molecular weight is 449 g/mol. The van der Waals surface area contributed by atoms with E-state index in [0.29, 0.717) is 0 Å². The second-order valence-electron chi connectivity index (χ2n) is 6.27. The van der Waals surface area contributed by atoms with Gasteiger partial charge in [-0.1, -0.05) is 11.3 Å². The van der Waals surface area contributed by atoms with Crippen molar-refractivity contribution in [2.75, 3.05) is 0 Å². The van der Waals surface area contributed by atoms with Crippen LogP contribution in [0.1, 0.15) is 19.8 Å². The highest BCUT2D eigenvalue weighted by atomic mass is 32.1. The summed E-state index contributed by atoms with van der Waals surface area (Å²) in [5, 5.41) is 2.41. The summed E-state index contributed by atoms with van der Waals surface area (Å²) in [4.78, 5) is 14.7. The van der Waals surface area contributed by atoms with Gasteiger partial charge in [0.25, 0.3) is 0 Å². The van der Waals surface area contributed by atoms with Crippen molar-refractivity contribution in [1.29, 1.82) is 0 Å². The molecule has 0 atom stereocenters. The Hall–Kier alpha value is -0.900. The molecule has 26 heavy (non-hydrogen) atoms. The van der Waals surface area contributed by atoms with Crippen LogP contribution in [0.3, 0.4) is 0 Å². The van der Waals surface area contributed by atoms with Crippen molar-refractivity contribution in [3.05, 3.63) is 31.9 Å². The van der Waals surface area contributed by atoms with Crippen molar-refractivity contribution in [2.45, 2.75) is 26.7 Å². The summed E-state index contributed by atoms with van der Waals surface area (Å²) in [5.74, 6) is 0. The zero-order chi connectivity index (χ0) is 17.4. The van der Waals surface area contributed by atoms with Gasteiger partial charge in [0.1, 0.15) is 9.66 Å². The topological polar surface area (TPSA) is 25.8 Å². The normalized spacial score (nSPS) is 12.5. The third kappa shape index (κ3) is 2.43. The van der Waals surface area contributed by atoms with Crippen molar-refractivity contribution in [2.24, 2.45) is 0 Å². The van der Waals surface area contributed by atoms with Crippen LogP contribution < -0.4 is 0 Å². The van der Waals surface area contributed by atoms with E-state index in [1.165, 1.54) is 47.8 Å². The number of thiophene rings is 4. The number of hydrogen-bond donors (Lipinski definition) is 0. The number of rotatable bonds is 3. The van der Waals surface area contributed by atoms with E-state index in [1.54, 1.807) is 22.7 Å². The Labute approximate surface area is 173 Å². The lowest BCUT2D eigenvalue weighted by molar-refractivity contribution is 0.970. The first kappa shape index (κ1) is 16.1. The maximum Gasteiger partial charge on any atom is 0.138 e. The molecule has 130 valence electrons. The highest BCUT2D eigenvalue weighted by Gasteiger charge is 2.16. The van der Waals surface area contributed by atoms with Crippen LogP contribution in [0.5, 0.6) is 0 Å². The highest BCUT2D eigenvalue weighted by molar-refractivity contribution is 7.39. The zero-order valence-electron chi connectivity index (χ0n) is 13.9. The lowest BCUT2D eigenvalue weighted by Gasteiger charge is -1.93. The van der Waals surface area contributed by atoms with Gasteiger partial charge in [0.05, 0.1) is 28.8 Å². The molecule has 0 saturated carbocycles. The van der Waals surface area contributed by atoms with Gasteiger partial charge in [-0.25, -0.2) is 9.97 Å². The Morgan fingerprint density at radius 3 is 2.38 bits per heavy atom. The van der Waals surface area contributed by atoms with Gasteiger partial charge in [0.15, 0.2) is 0 Å². The first-order valence-corrected chi connectivity index (χ1v) is 13.1. The minimum atomic E-state index is 1.03. The van der Waals surface area contributed by atoms with E-state index < -0.39 is 0 Å². The molecule has 0 spiro atoms. The van der Waals surface area contributed by atoms with Crippen LogP contribution in [0, 0.1) is 13.8 Å². The molecule has 2 nitrogen and oxygen atoms in total. The predicted octanol–water partition coefficient (Wildman–Crippen LogP) is 7.86. The zero-order valence-corrected chi connectivity index (χ0v) is 18.8. The van der Waals surface area contributed by atoms with Gasteiger partial charge in [-0.15, -0.1) is 56.7 Å². The van der Waals surface area contributed by atoms with Gasteiger partial charge < -0.3 is 0 Å². The SMILES string of the molecule is Cc1cc2sc3cc(CCc4nc5sc6nc(C)sc6c5s4)sc3c2s1. The summed E-state index contributed by atoms with van der Waals surface area (Å²) in [6, 6.07) is 4.72. The van der Waals surface area contributed by atoms with Crippen LogP contribution in [-0.2, 0) is 12.8 Å². The van der Waals surface area contributed by atoms with Gasteiger partial charge in [-0.3, -0.25) is 0 Å². The van der Waals surface area contributed by atoms with Crippen LogP contribution in [0.25, 0.3) is 37.9 Å². The summed E-state index contributed by atoms with van der Waals surface area (Å²) >= 11 is 11.2. The standard InChI is InChI=1S/C18H12N2S6/c1-7-5-10-13(21-7)14-11(24-10)6-9(23-14)3-4-12-20-18-16(25-12)15-17(26-18)19-8(2)22-15/h5-6H,3-4H2,1-2H3. The fourth-order valence-electron chi connectivity index (χ4n) is 3.23. The van der Waals surface area contributed by atoms with Crippen molar-refractivity contribution >= 4 is 106 Å². The van der Waals surface area contributed by atoms with E-state index in [2.05, 4.69) is 31.0 Å². The second kappa shape index (κ2) is 5.80. The third-order valence-electron chi connectivity index (χ3n) is 4.32. The van der Waals surface area contributed by atoms with Gasteiger partial charge in [0, 0.05) is 25.6 Å². The molecule has 6 heterocycles.